The molecule has 0 atom stereocenters. The van der Waals surface area contributed by atoms with E-state index < -0.39 is 14.6 Å². The Kier molecular flexibility index (Phi) is 6.57. The largest absolute Gasteiger partial charge is 0.496 e. The van der Waals surface area contributed by atoms with Gasteiger partial charge in [-0.1, -0.05) is 43.5 Å². The Hall–Kier alpha value is -2.01. The fraction of sp³-hybridized carbons (Fsp3) is 0.500. The molecule has 1 aromatic heterocycles. The fourth-order valence-electron chi connectivity index (χ4n) is 3.70. The molecule has 0 aliphatic rings. The molecule has 0 unspecified atom stereocenters. The zero-order chi connectivity index (χ0) is 21.1. The number of hydrogen-bond donors (Lipinski definition) is 0. The summed E-state index contributed by atoms with van der Waals surface area (Å²) < 4.78 is 35.4. The van der Waals surface area contributed by atoms with Gasteiger partial charge in [0.2, 0.25) is 0 Å². The molecule has 0 radical (unpaired) electrons. The Bertz CT molecular complexity index is 1070. The van der Waals surface area contributed by atoms with E-state index in [1.54, 1.807) is 27.9 Å². The molecule has 3 rings (SSSR count). The molecule has 0 aliphatic carbocycles. The van der Waals surface area contributed by atoms with Crippen LogP contribution in [-0.2, 0) is 16.3 Å². The zero-order valence-electron chi connectivity index (χ0n) is 18.0. The Morgan fingerprint density at radius 2 is 1.59 bits per heavy atom. The summed E-state index contributed by atoms with van der Waals surface area (Å²) in [6.07, 6.45) is 5.85. The van der Waals surface area contributed by atoms with Crippen molar-refractivity contribution in [1.82, 2.24) is 0 Å². The summed E-state index contributed by atoms with van der Waals surface area (Å²) in [5, 5.41) is 2.13. The van der Waals surface area contributed by atoms with E-state index in [-0.39, 0.29) is 5.75 Å². The molecule has 4 nitrogen and oxygen atoms in total. The molecule has 29 heavy (non-hydrogen) atoms. The Morgan fingerprint density at radius 1 is 0.897 bits per heavy atom. The van der Waals surface area contributed by atoms with Gasteiger partial charge in [0.15, 0.2) is 9.84 Å². The minimum atomic E-state index is -3.00. The molecule has 0 saturated heterocycles. The number of unbranched alkanes of at least 4 members (excludes halogenated alkanes) is 4. The number of furan rings is 1. The number of rotatable bonds is 9. The van der Waals surface area contributed by atoms with Gasteiger partial charge in [0.1, 0.15) is 16.9 Å². The lowest BCUT2D eigenvalue weighted by atomic mass is 10.0. The number of benzene rings is 2. The molecule has 0 aliphatic heterocycles. The van der Waals surface area contributed by atoms with Crippen molar-refractivity contribution in [3.8, 4) is 5.75 Å². The zero-order valence-corrected chi connectivity index (χ0v) is 18.8. The third-order valence-electron chi connectivity index (χ3n) is 5.57. The smallest absolute Gasteiger partial charge is 0.155 e. The second-order valence-electron chi connectivity index (χ2n) is 8.68. The van der Waals surface area contributed by atoms with Crippen molar-refractivity contribution in [3.63, 3.8) is 0 Å². The molecule has 3 aromatic rings. The van der Waals surface area contributed by atoms with Crippen molar-refractivity contribution in [2.45, 2.75) is 64.0 Å². The van der Waals surface area contributed by atoms with Crippen LogP contribution >= 0.6 is 0 Å². The van der Waals surface area contributed by atoms with E-state index in [9.17, 15) is 8.42 Å². The van der Waals surface area contributed by atoms with Crippen LogP contribution in [0.25, 0.3) is 21.9 Å². The van der Waals surface area contributed by atoms with Gasteiger partial charge < -0.3 is 9.15 Å². The number of sulfone groups is 1. The Morgan fingerprint density at radius 3 is 2.31 bits per heavy atom. The number of para-hydroxylation sites is 1. The second-order valence-corrected chi connectivity index (χ2v) is 11.5. The molecule has 0 spiro atoms. The van der Waals surface area contributed by atoms with Gasteiger partial charge in [-0.05, 0) is 57.7 Å². The summed E-state index contributed by atoms with van der Waals surface area (Å²) in [5.41, 5.74) is 2.93. The van der Waals surface area contributed by atoms with Crippen LogP contribution in [0, 0.1) is 0 Å². The monoisotopic (exact) mass is 416 g/mol. The molecule has 0 fully saturated rings. The number of methoxy groups -OCH3 is 1. The number of hydrogen-bond acceptors (Lipinski definition) is 4. The first-order valence-electron chi connectivity index (χ1n) is 10.4. The van der Waals surface area contributed by atoms with Gasteiger partial charge in [-0.3, -0.25) is 0 Å². The average molecular weight is 417 g/mol. The van der Waals surface area contributed by atoms with Crippen LogP contribution in [0.3, 0.4) is 0 Å². The number of ether oxygens (including phenoxy) is 1. The van der Waals surface area contributed by atoms with Gasteiger partial charge in [-0.2, -0.15) is 0 Å². The number of fused-ring (bicyclic) bond motifs is 3. The van der Waals surface area contributed by atoms with Gasteiger partial charge in [0.25, 0.3) is 0 Å². The van der Waals surface area contributed by atoms with Crippen LogP contribution in [0.2, 0.25) is 0 Å². The maximum Gasteiger partial charge on any atom is 0.155 e. The highest BCUT2D eigenvalue weighted by Gasteiger charge is 2.27. The summed E-state index contributed by atoms with van der Waals surface area (Å²) in [6.45, 7) is 5.32. The van der Waals surface area contributed by atoms with Crippen LogP contribution < -0.4 is 4.74 Å². The van der Waals surface area contributed by atoms with Gasteiger partial charge >= 0.3 is 0 Å². The normalized spacial score (nSPS) is 12.7. The maximum atomic E-state index is 12.2. The van der Waals surface area contributed by atoms with Crippen molar-refractivity contribution in [1.29, 1.82) is 0 Å². The molecular formula is C24H32O4S. The van der Waals surface area contributed by atoms with Gasteiger partial charge in [0, 0.05) is 5.39 Å². The predicted octanol–water partition coefficient (Wildman–Crippen LogP) is 6.30. The fourth-order valence-corrected chi connectivity index (χ4v) is 4.90. The molecule has 0 saturated carbocycles. The quantitative estimate of drug-likeness (QED) is 0.384. The van der Waals surface area contributed by atoms with Crippen molar-refractivity contribution in [3.05, 3.63) is 42.0 Å². The van der Waals surface area contributed by atoms with Gasteiger partial charge in [-0.25, -0.2) is 8.42 Å². The summed E-state index contributed by atoms with van der Waals surface area (Å²) in [6, 6.07) is 12.2. The summed E-state index contributed by atoms with van der Waals surface area (Å²) >= 11 is 0. The molecule has 5 heteroatoms. The maximum absolute atomic E-state index is 12.2. The first-order valence-corrected chi connectivity index (χ1v) is 12.1. The van der Waals surface area contributed by atoms with Gasteiger partial charge in [-0.15, -0.1) is 0 Å². The lowest BCUT2D eigenvalue weighted by Crippen LogP contribution is -2.30. The molecule has 0 amide bonds. The van der Waals surface area contributed by atoms with E-state index in [2.05, 4.69) is 12.1 Å². The highest BCUT2D eigenvalue weighted by molar-refractivity contribution is 7.92. The average Bonchev–Trinajstić information content (AvgIpc) is 3.04. The van der Waals surface area contributed by atoms with Crippen LogP contribution in [0.5, 0.6) is 5.75 Å². The minimum Gasteiger partial charge on any atom is -0.496 e. The molecule has 0 N–H and O–H groups in total. The van der Waals surface area contributed by atoms with Crippen LogP contribution in [0.1, 0.15) is 58.4 Å². The van der Waals surface area contributed by atoms with E-state index in [1.807, 2.05) is 24.3 Å². The van der Waals surface area contributed by atoms with Crippen molar-refractivity contribution < 1.29 is 17.6 Å². The molecule has 2 aromatic carbocycles. The summed E-state index contributed by atoms with van der Waals surface area (Å²) in [4.78, 5) is 0. The summed E-state index contributed by atoms with van der Waals surface area (Å²) in [5.74, 6) is 1.19. The van der Waals surface area contributed by atoms with E-state index in [0.29, 0.717) is 0 Å². The molecule has 1 heterocycles. The topological polar surface area (TPSA) is 56.5 Å². The lowest BCUT2D eigenvalue weighted by Gasteiger charge is -2.18. The van der Waals surface area contributed by atoms with Crippen LogP contribution in [0.4, 0.5) is 0 Å². The van der Waals surface area contributed by atoms with E-state index in [1.165, 1.54) is 5.56 Å². The Balaban J connectivity index is 1.56. The number of aryl methyl sites for hydroxylation is 1. The predicted molar refractivity (Wildman–Crippen MR) is 121 cm³/mol. The van der Waals surface area contributed by atoms with Gasteiger partial charge in [0.05, 0.1) is 23.0 Å². The Labute approximate surface area is 174 Å². The van der Waals surface area contributed by atoms with E-state index in [0.717, 1.165) is 66.2 Å². The van der Waals surface area contributed by atoms with E-state index in [4.69, 9.17) is 9.15 Å². The van der Waals surface area contributed by atoms with Crippen molar-refractivity contribution in [2.75, 3.05) is 12.9 Å². The van der Waals surface area contributed by atoms with Crippen LogP contribution in [0.15, 0.2) is 40.8 Å². The van der Waals surface area contributed by atoms with Crippen molar-refractivity contribution >= 4 is 31.8 Å². The third-order valence-corrected chi connectivity index (χ3v) is 8.27. The standard InChI is InChI=1S/C24H32O4S/c1-24(2,3)29(25,26)17-11-7-5-6-8-12-18-15-16-21-22(23(18)27-4)19-13-9-10-14-20(19)28-21/h9-10,13-16H,5-8,11-12,17H2,1-4H3. The van der Waals surface area contributed by atoms with Crippen molar-refractivity contribution in [2.24, 2.45) is 0 Å². The highest BCUT2D eigenvalue weighted by atomic mass is 32.2. The third kappa shape index (κ3) is 4.77. The molecule has 0 bridgehead atoms. The first-order chi connectivity index (χ1) is 13.7. The second kappa shape index (κ2) is 8.78. The summed E-state index contributed by atoms with van der Waals surface area (Å²) in [7, 11) is -1.28. The SMILES string of the molecule is COc1c(CCCCCCCS(=O)(=O)C(C)(C)C)ccc2oc3ccccc3c12. The minimum absolute atomic E-state index is 0.286. The highest BCUT2D eigenvalue weighted by Crippen LogP contribution is 2.38. The molecular weight excluding hydrogens is 384 g/mol. The first kappa shape index (κ1) is 21.7. The molecule has 158 valence electrons. The van der Waals surface area contributed by atoms with Crippen LogP contribution in [-0.4, -0.2) is 26.0 Å². The lowest BCUT2D eigenvalue weighted by molar-refractivity contribution is 0.414. The van der Waals surface area contributed by atoms with E-state index >= 15 is 0 Å².